The number of allylic oxidation sites excluding steroid dienone is 1. The van der Waals surface area contributed by atoms with Crippen molar-refractivity contribution in [1.82, 2.24) is 9.55 Å². The molecule has 0 saturated heterocycles. The van der Waals surface area contributed by atoms with Crippen molar-refractivity contribution in [1.29, 1.82) is 0 Å². The fourth-order valence-corrected chi connectivity index (χ4v) is 3.21. The highest BCUT2D eigenvalue weighted by atomic mass is 16.5. The van der Waals surface area contributed by atoms with E-state index >= 15 is 0 Å². The van der Waals surface area contributed by atoms with Gasteiger partial charge in [0.2, 0.25) is 0 Å². The van der Waals surface area contributed by atoms with E-state index in [1.165, 1.54) is 11.1 Å². The minimum absolute atomic E-state index is 0.707. The van der Waals surface area contributed by atoms with Crippen molar-refractivity contribution in [3.63, 3.8) is 0 Å². The van der Waals surface area contributed by atoms with Crippen LogP contribution in [0, 0.1) is 0 Å². The van der Waals surface area contributed by atoms with Gasteiger partial charge in [-0.1, -0.05) is 60.7 Å². The minimum atomic E-state index is 0.707. The lowest BCUT2D eigenvalue weighted by atomic mass is 10.0. The average molecular weight is 340 g/mol. The van der Waals surface area contributed by atoms with E-state index in [2.05, 4.69) is 59.7 Å². The lowest BCUT2D eigenvalue weighted by Crippen LogP contribution is -1.98. The minimum Gasteiger partial charge on any atom is -0.497 e. The van der Waals surface area contributed by atoms with Gasteiger partial charge in [0.1, 0.15) is 11.6 Å². The lowest BCUT2D eigenvalue weighted by Gasteiger charge is -2.08. The first kappa shape index (κ1) is 16.2. The maximum atomic E-state index is 5.33. The molecule has 3 heteroatoms. The molecule has 4 rings (SSSR count). The second-order valence-electron chi connectivity index (χ2n) is 6.13. The van der Waals surface area contributed by atoms with E-state index in [1.54, 1.807) is 7.11 Å². The molecule has 0 aliphatic carbocycles. The number of fused-ring (bicyclic) bond motifs is 1. The van der Waals surface area contributed by atoms with E-state index in [1.807, 2.05) is 30.3 Å². The SMILES string of the molecule is C=CCn1c(-c2ccc(-c3ccccc3)cc2)nc2cc(OC)ccc21. The van der Waals surface area contributed by atoms with Gasteiger partial charge in [-0.3, -0.25) is 0 Å². The molecule has 0 N–H and O–H groups in total. The van der Waals surface area contributed by atoms with Crippen LogP contribution in [0.5, 0.6) is 5.75 Å². The summed E-state index contributed by atoms with van der Waals surface area (Å²) >= 11 is 0. The van der Waals surface area contributed by atoms with Crippen LogP contribution >= 0.6 is 0 Å². The number of aromatic nitrogens is 2. The van der Waals surface area contributed by atoms with Crippen LogP contribution in [-0.4, -0.2) is 16.7 Å². The molecule has 0 amide bonds. The molecule has 128 valence electrons. The number of ether oxygens (including phenoxy) is 1. The molecule has 0 radical (unpaired) electrons. The molecule has 4 aromatic rings. The molecule has 0 aliphatic rings. The fraction of sp³-hybridized carbons (Fsp3) is 0.0870. The van der Waals surface area contributed by atoms with E-state index in [0.29, 0.717) is 6.54 Å². The first-order chi connectivity index (χ1) is 12.8. The van der Waals surface area contributed by atoms with Crippen molar-refractivity contribution in [3.05, 3.63) is 85.5 Å². The van der Waals surface area contributed by atoms with Gasteiger partial charge in [0.25, 0.3) is 0 Å². The number of rotatable bonds is 5. The number of imidazole rings is 1. The molecule has 3 nitrogen and oxygen atoms in total. The zero-order chi connectivity index (χ0) is 17.9. The Morgan fingerprint density at radius 3 is 2.31 bits per heavy atom. The van der Waals surface area contributed by atoms with Gasteiger partial charge in [0.15, 0.2) is 0 Å². The van der Waals surface area contributed by atoms with Gasteiger partial charge in [-0.25, -0.2) is 4.98 Å². The van der Waals surface area contributed by atoms with Crippen LogP contribution < -0.4 is 4.74 Å². The van der Waals surface area contributed by atoms with E-state index in [0.717, 1.165) is 28.2 Å². The Hall–Kier alpha value is -3.33. The molecule has 3 aromatic carbocycles. The fourth-order valence-electron chi connectivity index (χ4n) is 3.21. The van der Waals surface area contributed by atoms with Crippen LogP contribution in [-0.2, 0) is 6.54 Å². The van der Waals surface area contributed by atoms with Crippen molar-refractivity contribution in [2.75, 3.05) is 7.11 Å². The Kier molecular flexibility index (Phi) is 4.28. The highest BCUT2D eigenvalue weighted by molar-refractivity contribution is 5.82. The van der Waals surface area contributed by atoms with Gasteiger partial charge in [-0.05, 0) is 23.3 Å². The average Bonchev–Trinajstić information content (AvgIpc) is 3.07. The van der Waals surface area contributed by atoms with Crippen LogP contribution in [0.2, 0.25) is 0 Å². The first-order valence-corrected chi connectivity index (χ1v) is 8.61. The van der Waals surface area contributed by atoms with E-state index in [9.17, 15) is 0 Å². The molecule has 0 bridgehead atoms. The van der Waals surface area contributed by atoms with Crippen LogP contribution in [0.1, 0.15) is 0 Å². The van der Waals surface area contributed by atoms with Crippen molar-refractivity contribution in [3.8, 4) is 28.3 Å². The molecule has 0 aliphatic heterocycles. The molecular weight excluding hydrogens is 320 g/mol. The van der Waals surface area contributed by atoms with E-state index < -0.39 is 0 Å². The van der Waals surface area contributed by atoms with Gasteiger partial charge in [0.05, 0.1) is 18.1 Å². The molecule has 0 unspecified atom stereocenters. The second-order valence-corrected chi connectivity index (χ2v) is 6.13. The van der Waals surface area contributed by atoms with Crippen LogP contribution in [0.4, 0.5) is 0 Å². The lowest BCUT2D eigenvalue weighted by molar-refractivity contribution is 0.415. The Balaban J connectivity index is 1.80. The number of benzene rings is 3. The van der Waals surface area contributed by atoms with Gasteiger partial charge in [-0.2, -0.15) is 0 Å². The quantitative estimate of drug-likeness (QED) is 0.444. The Bertz CT molecular complexity index is 1050. The van der Waals surface area contributed by atoms with Gasteiger partial charge < -0.3 is 9.30 Å². The maximum absolute atomic E-state index is 5.33. The summed E-state index contributed by atoms with van der Waals surface area (Å²) in [7, 11) is 1.67. The summed E-state index contributed by atoms with van der Waals surface area (Å²) in [6.07, 6.45) is 1.90. The summed E-state index contributed by atoms with van der Waals surface area (Å²) in [6.45, 7) is 4.60. The topological polar surface area (TPSA) is 27.1 Å². The Morgan fingerprint density at radius 2 is 1.62 bits per heavy atom. The molecular formula is C23H20N2O. The highest BCUT2D eigenvalue weighted by Gasteiger charge is 2.12. The standard InChI is InChI=1S/C23H20N2O/c1-3-15-25-22-14-13-20(26-2)16-21(22)24-23(25)19-11-9-18(10-12-19)17-7-5-4-6-8-17/h3-14,16H,1,15H2,2H3. The Labute approximate surface area is 153 Å². The third-order valence-electron chi connectivity index (χ3n) is 4.52. The summed E-state index contributed by atoms with van der Waals surface area (Å²) in [5.74, 6) is 1.75. The van der Waals surface area contributed by atoms with E-state index in [4.69, 9.17) is 9.72 Å². The van der Waals surface area contributed by atoms with E-state index in [-0.39, 0.29) is 0 Å². The summed E-state index contributed by atoms with van der Waals surface area (Å²) in [6, 6.07) is 24.9. The van der Waals surface area contributed by atoms with Gasteiger partial charge in [0, 0.05) is 18.2 Å². The van der Waals surface area contributed by atoms with Crippen LogP contribution in [0.15, 0.2) is 85.5 Å². The summed E-state index contributed by atoms with van der Waals surface area (Å²) < 4.78 is 7.51. The predicted octanol–water partition coefficient (Wildman–Crippen LogP) is 5.56. The third kappa shape index (κ3) is 2.88. The molecule has 0 atom stereocenters. The first-order valence-electron chi connectivity index (χ1n) is 8.61. The normalized spacial score (nSPS) is 10.8. The van der Waals surface area contributed by atoms with Crippen LogP contribution in [0.3, 0.4) is 0 Å². The van der Waals surface area contributed by atoms with Gasteiger partial charge >= 0.3 is 0 Å². The van der Waals surface area contributed by atoms with Gasteiger partial charge in [-0.15, -0.1) is 6.58 Å². The second kappa shape index (κ2) is 6.89. The number of methoxy groups -OCH3 is 1. The van der Waals surface area contributed by atoms with Crippen molar-refractivity contribution in [2.24, 2.45) is 0 Å². The number of hydrogen-bond acceptors (Lipinski definition) is 2. The maximum Gasteiger partial charge on any atom is 0.141 e. The number of nitrogens with zero attached hydrogens (tertiary/aromatic N) is 2. The molecule has 0 saturated carbocycles. The molecule has 1 heterocycles. The molecule has 1 aromatic heterocycles. The number of hydrogen-bond donors (Lipinski definition) is 0. The molecule has 26 heavy (non-hydrogen) atoms. The largest absolute Gasteiger partial charge is 0.497 e. The highest BCUT2D eigenvalue weighted by Crippen LogP contribution is 2.29. The summed E-state index contributed by atoms with van der Waals surface area (Å²) in [5, 5.41) is 0. The summed E-state index contributed by atoms with van der Waals surface area (Å²) in [5.41, 5.74) is 5.49. The molecule has 0 spiro atoms. The van der Waals surface area contributed by atoms with Crippen molar-refractivity contribution in [2.45, 2.75) is 6.54 Å². The monoisotopic (exact) mass is 340 g/mol. The smallest absolute Gasteiger partial charge is 0.141 e. The third-order valence-corrected chi connectivity index (χ3v) is 4.52. The predicted molar refractivity (Wildman–Crippen MR) is 107 cm³/mol. The zero-order valence-electron chi connectivity index (χ0n) is 14.7. The van der Waals surface area contributed by atoms with Crippen molar-refractivity contribution < 1.29 is 4.74 Å². The molecule has 0 fully saturated rings. The summed E-state index contributed by atoms with van der Waals surface area (Å²) in [4.78, 5) is 4.85. The zero-order valence-corrected chi connectivity index (χ0v) is 14.7. The van der Waals surface area contributed by atoms with Crippen molar-refractivity contribution >= 4 is 11.0 Å². The van der Waals surface area contributed by atoms with Crippen LogP contribution in [0.25, 0.3) is 33.5 Å². The Morgan fingerprint density at radius 1 is 0.923 bits per heavy atom.